The van der Waals surface area contributed by atoms with Crippen LogP contribution in [0.15, 0.2) is 91.0 Å². The van der Waals surface area contributed by atoms with Crippen LogP contribution in [0.25, 0.3) is 62.5 Å². The molecule has 0 unspecified atom stereocenters. The minimum Gasteiger partial charge on any atom is -0.225 e. The Bertz CT molecular complexity index is 1740. The zero-order valence-corrected chi connectivity index (χ0v) is 17.6. The van der Waals surface area contributed by atoms with Crippen LogP contribution >= 0.6 is 22.7 Å². The third-order valence-electron chi connectivity index (χ3n) is 5.91. The van der Waals surface area contributed by atoms with Crippen LogP contribution in [0.3, 0.4) is 0 Å². The number of fused-ring (bicyclic) bond motifs is 9. The van der Waals surface area contributed by atoms with Gasteiger partial charge in [0.05, 0.1) is 4.70 Å². The van der Waals surface area contributed by atoms with Crippen LogP contribution in [-0.2, 0) is 0 Å². The van der Waals surface area contributed by atoms with Crippen LogP contribution in [0.2, 0.25) is 0 Å². The summed E-state index contributed by atoms with van der Waals surface area (Å²) in [6.45, 7) is 0. The minimum atomic E-state index is 1.10. The standard InChI is InChI=1S/C27H15NS2/c1-2-8-16(9-3-1)26-28-27-25(30-26)23-14-21-19-12-6-4-10-17(19)18-11-5-7-13-20(18)22(21)15-24(23)29-27/h1-15H. The summed E-state index contributed by atoms with van der Waals surface area (Å²) in [4.78, 5) is 6.11. The molecule has 0 saturated carbocycles. The van der Waals surface area contributed by atoms with Gasteiger partial charge in [0.2, 0.25) is 0 Å². The highest BCUT2D eigenvalue weighted by Gasteiger charge is 2.15. The van der Waals surface area contributed by atoms with Gasteiger partial charge in [0.15, 0.2) is 0 Å². The molecule has 30 heavy (non-hydrogen) atoms. The average molecular weight is 418 g/mol. The van der Waals surface area contributed by atoms with Gasteiger partial charge in [0.25, 0.3) is 0 Å². The highest BCUT2D eigenvalue weighted by atomic mass is 32.1. The van der Waals surface area contributed by atoms with Gasteiger partial charge in [0.1, 0.15) is 9.84 Å². The van der Waals surface area contributed by atoms with E-state index in [0.29, 0.717) is 0 Å². The second-order valence-corrected chi connectivity index (χ2v) is 9.64. The van der Waals surface area contributed by atoms with Crippen LogP contribution in [0.1, 0.15) is 0 Å². The Morgan fingerprint density at radius 1 is 0.500 bits per heavy atom. The van der Waals surface area contributed by atoms with Gasteiger partial charge in [-0.05, 0) is 44.5 Å². The first-order valence-electron chi connectivity index (χ1n) is 9.98. The minimum absolute atomic E-state index is 1.10. The molecule has 140 valence electrons. The van der Waals surface area contributed by atoms with E-state index in [0.717, 1.165) is 9.84 Å². The SMILES string of the molecule is c1ccc(-c2nc3sc4cc5c6ccccc6c6ccccc6c5cc4c3s2)cc1. The van der Waals surface area contributed by atoms with Crippen molar-refractivity contribution in [2.45, 2.75) is 0 Å². The number of thiophene rings is 1. The summed E-state index contributed by atoms with van der Waals surface area (Å²) in [5.41, 5.74) is 1.19. The molecule has 7 rings (SSSR count). The molecular formula is C27H15NS2. The number of hydrogen-bond acceptors (Lipinski definition) is 3. The number of nitrogens with zero attached hydrogens (tertiary/aromatic N) is 1. The molecule has 2 heterocycles. The molecule has 1 nitrogen and oxygen atoms in total. The zero-order chi connectivity index (χ0) is 19.7. The third-order valence-corrected chi connectivity index (χ3v) is 8.23. The van der Waals surface area contributed by atoms with Crippen molar-refractivity contribution in [2.75, 3.05) is 0 Å². The molecule has 0 radical (unpaired) electrons. The van der Waals surface area contributed by atoms with Gasteiger partial charge in [-0.3, -0.25) is 0 Å². The molecule has 2 aromatic heterocycles. The highest BCUT2D eigenvalue weighted by molar-refractivity contribution is 7.33. The largest absolute Gasteiger partial charge is 0.225 e. The summed E-state index contributed by atoms with van der Waals surface area (Å²) >= 11 is 3.61. The maximum Gasteiger partial charge on any atom is 0.136 e. The van der Waals surface area contributed by atoms with Crippen molar-refractivity contribution in [1.29, 1.82) is 0 Å². The Morgan fingerprint density at radius 3 is 1.73 bits per heavy atom. The molecule has 0 N–H and O–H groups in total. The predicted octanol–water partition coefficient (Wildman–Crippen LogP) is 8.64. The Hall–Kier alpha value is -3.27. The molecule has 0 fully saturated rings. The molecule has 7 aromatic rings. The average Bonchev–Trinajstić information content (AvgIpc) is 3.37. The first-order chi connectivity index (χ1) is 14.9. The van der Waals surface area contributed by atoms with E-state index >= 15 is 0 Å². The lowest BCUT2D eigenvalue weighted by Crippen LogP contribution is -1.82. The number of benzene rings is 5. The monoisotopic (exact) mass is 417 g/mol. The van der Waals surface area contributed by atoms with Crippen LogP contribution in [-0.4, -0.2) is 4.98 Å². The number of aromatic nitrogens is 1. The topological polar surface area (TPSA) is 12.9 Å². The van der Waals surface area contributed by atoms with Gasteiger partial charge < -0.3 is 0 Å². The van der Waals surface area contributed by atoms with Gasteiger partial charge in [-0.1, -0.05) is 78.9 Å². The van der Waals surface area contributed by atoms with E-state index in [4.69, 9.17) is 4.98 Å². The molecular weight excluding hydrogens is 402 g/mol. The Labute approximate surface area is 180 Å². The number of hydrogen-bond donors (Lipinski definition) is 0. The lowest BCUT2D eigenvalue weighted by molar-refractivity contribution is 1.50. The smallest absolute Gasteiger partial charge is 0.136 e. The van der Waals surface area contributed by atoms with Crippen LogP contribution < -0.4 is 0 Å². The molecule has 0 saturated heterocycles. The van der Waals surface area contributed by atoms with Crippen molar-refractivity contribution in [3.8, 4) is 10.6 Å². The molecule has 0 amide bonds. The van der Waals surface area contributed by atoms with E-state index in [-0.39, 0.29) is 0 Å². The first kappa shape index (κ1) is 16.5. The molecule has 3 heteroatoms. The molecule has 0 aliphatic carbocycles. The van der Waals surface area contributed by atoms with Gasteiger partial charge in [0, 0.05) is 15.6 Å². The molecule has 5 aromatic carbocycles. The van der Waals surface area contributed by atoms with Crippen molar-refractivity contribution in [2.24, 2.45) is 0 Å². The van der Waals surface area contributed by atoms with Crippen molar-refractivity contribution < 1.29 is 0 Å². The summed E-state index contributed by atoms with van der Waals surface area (Å²) < 4.78 is 2.62. The fraction of sp³-hybridized carbons (Fsp3) is 0. The molecule has 0 aliphatic rings. The van der Waals surface area contributed by atoms with Crippen LogP contribution in [0.5, 0.6) is 0 Å². The summed E-state index contributed by atoms with van der Waals surface area (Å²) in [7, 11) is 0. The van der Waals surface area contributed by atoms with Gasteiger partial charge >= 0.3 is 0 Å². The van der Waals surface area contributed by atoms with E-state index in [1.807, 2.05) is 0 Å². The molecule has 0 aliphatic heterocycles. The van der Waals surface area contributed by atoms with E-state index in [1.165, 1.54) is 52.7 Å². The summed E-state index contributed by atoms with van der Waals surface area (Å²) in [5, 5.41) is 10.4. The number of thiazole rings is 1. The van der Waals surface area contributed by atoms with Gasteiger partial charge in [-0.15, -0.1) is 22.7 Å². The molecule has 0 atom stereocenters. The summed E-state index contributed by atoms with van der Waals surface area (Å²) in [6.07, 6.45) is 0. The summed E-state index contributed by atoms with van der Waals surface area (Å²) in [5.74, 6) is 0. The van der Waals surface area contributed by atoms with Crippen molar-refractivity contribution in [1.82, 2.24) is 4.98 Å². The third kappa shape index (κ3) is 2.25. The van der Waals surface area contributed by atoms with E-state index in [2.05, 4.69) is 91.0 Å². The predicted molar refractivity (Wildman–Crippen MR) is 133 cm³/mol. The molecule has 0 spiro atoms. The summed E-state index contributed by atoms with van der Waals surface area (Å²) in [6, 6.07) is 32.8. The number of rotatable bonds is 1. The second kappa shape index (κ2) is 6.11. The van der Waals surface area contributed by atoms with Gasteiger partial charge in [-0.25, -0.2) is 4.98 Å². The Morgan fingerprint density at radius 2 is 1.07 bits per heavy atom. The first-order valence-corrected chi connectivity index (χ1v) is 11.6. The second-order valence-electron chi connectivity index (χ2n) is 7.61. The maximum absolute atomic E-state index is 4.97. The lowest BCUT2D eigenvalue weighted by Gasteiger charge is -2.10. The fourth-order valence-corrected chi connectivity index (χ4v) is 6.91. The molecule has 0 bridgehead atoms. The van der Waals surface area contributed by atoms with Gasteiger partial charge in [-0.2, -0.15) is 0 Å². The lowest BCUT2D eigenvalue weighted by atomic mass is 9.94. The van der Waals surface area contributed by atoms with E-state index < -0.39 is 0 Å². The van der Waals surface area contributed by atoms with Crippen molar-refractivity contribution >= 4 is 74.6 Å². The van der Waals surface area contributed by atoms with E-state index in [1.54, 1.807) is 22.7 Å². The highest BCUT2D eigenvalue weighted by Crippen LogP contribution is 2.44. The normalized spacial score (nSPS) is 12.0. The Balaban J connectivity index is 1.62. The van der Waals surface area contributed by atoms with Crippen LogP contribution in [0, 0.1) is 0 Å². The van der Waals surface area contributed by atoms with Crippen molar-refractivity contribution in [3.63, 3.8) is 0 Å². The fourth-order valence-electron chi connectivity index (χ4n) is 4.55. The maximum atomic E-state index is 4.97. The zero-order valence-electron chi connectivity index (χ0n) is 15.9. The Kier molecular flexibility index (Phi) is 3.37. The van der Waals surface area contributed by atoms with E-state index in [9.17, 15) is 0 Å². The van der Waals surface area contributed by atoms with Crippen LogP contribution in [0.4, 0.5) is 0 Å². The van der Waals surface area contributed by atoms with Crippen molar-refractivity contribution in [3.05, 3.63) is 91.0 Å². The quantitative estimate of drug-likeness (QED) is 0.244.